The van der Waals surface area contributed by atoms with E-state index in [0.29, 0.717) is 56.4 Å². The zero-order valence-electron chi connectivity index (χ0n) is 24.4. The number of hydrogen-bond donors (Lipinski definition) is 4. The SMILES string of the molecule is Cc1ccc(CC(NC(=O)C(C)NC(=O)CN2CCOCC2)C(=O)NC(CC2CCCC2)C(=O)C2(C)CO2)cc1O. The number of amides is 3. The summed E-state index contributed by atoms with van der Waals surface area (Å²) in [6.07, 6.45) is 4.88. The lowest BCUT2D eigenvalue weighted by atomic mass is 9.90. The van der Waals surface area contributed by atoms with Gasteiger partial charge in [-0.3, -0.25) is 24.1 Å². The van der Waals surface area contributed by atoms with Gasteiger partial charge in [-0.05, 0) is 50.3 Å². The van der Waals surface area contributed by atoms with Gasteiger partial charge in [0.2, 0.25) is 17.7 Å². The molecule has 1 saturated carbocycles. The van der Waals surface area contributed by atoms with Crippen molar-refractivity contribution in [1.29, 1.82) is 0 Å². The molecule has 4 unspecified atom stereocenters. The first kappa shape index (κ1) is 30.9. The fourth-order valence-corrected chi connectivity index (χ4v) is 5.54. The van der Waals surface area contributed by atoms with Gasteiger partial charge in [0.05, 0.1) is 32.4 Å². The number of aromatic hydroxyl groups is 1. The number of benzene rings is 1. The molecule has 41 heavy (non-hydrogen) atoms. The zero-order valence-corrected chi connectivity index (χ0v) is 24.4. The normalized spacial score (nSPS) is 23.3. The molecule has 2 saturated heterocycles. The van der Waals surface area contributed by atoms with Crippen LogP contribution in [0.3, 0.4) is 0 Å². The Kier molecular flexibility index (Phi) is 10.4. The van der Waals surface area contributed by atoms with Crippen LogP contribution in [0.1, 0.15) is 57.1 Å². The van der Waals surface area contributed by atoms with Gasteiger partial charge in [-0.25, -0.2) is 0 Å². The minimum Gasteiger partial charge on any atom is -0.508 e. The van der Waals surface area contributed by atoms with Crippen LogP contribution in [0.5, 0.6) is 5.75 Å². The lowest BCUT2D eigenvalue weighted by molar-refractivity contribution is -0.134. The number of phenolic OH excluding ortho intramolecular Hbond substituents is 1. The Labute approximate surface area is 241 Å². The van der Waals surface area contributed by atoms with Crippen molar-refractivity contribution in [2.75, 3.05) is 39.5 Å². The van der Waals surface area contributed by atoms with E-state index in [1.54, 1.807) is 39.0 Å². The summed E-state index contributed by atoms with van der Waals surface area (Å²) in [5, 5.41) is 18.6. The van der Waals surface area contributed by atoms with Crippen LogP contribution in [0.2, 0.25) is 0 Å². The molecule has 3 fully saturated rings. The number of hydrogen-bond acceptors (Lipinski definition) is 8. The summed E-state index contributed by atoms with van der Waals surface area (Å²) in [5.41, 5.74) is 0.445. The van der Waals surface area contributed by atoms with Gasteiger partial charge in [0.1, 0.15) is 23.4 Å². The molecule has 2 heterocycles. The van der Waals surface area contributed by atoms with Gasteiger partial charge in [-0.15, -0.1) is 0 Å². The highest BCUT2D eigenvalue weighted by Gasteiger charge is 2.50. The van der Waals surface area contributed by atoms with Crippen LogP contribution in [0.15, 0.2) is 18.2 Å². The molecule has 4 atom stereocenters. The Hall–Kier alpha value is -3.02. The number of carbonyl (C=O) groups is 4. The van der Waals surface area contributed by atoms with Gasteiger partial charge >= 0.3 is 0 Å². The van der Waals surface area contributed by atoms with Crippen molar-refractivity contribution in [2.24, 2.45) is 5.92 Å². The van der Waals surface area contributed by atoms with Crippen molar-refractivity contribution in [3.63, 3.8) is 0 Å². The van der Waals surface area contributed by atoms with E-state index >= 15 is 0 Å². The maximum Gasteiger partial charge on any atom is 0.243 e. The number of morpholine rings is 1. The number of ether oxygens (including phenoxy) is 2. The Morgan fingerprint density at radius 1 is 1.05 bits per heavy atom. The smallest absolute Gasteiger partial charge is 0.243 e. The molecule has 1 aromatic carbocycles. The first-order chi connectivity index (χ1) is 19.5. The largest absolute Gasteiger partial charge is 0.508 e. The van der Waals surface area contributed by atoms with Gasteiger partial charge in [-0.1, -0.05) is 37.8 Å². The number of carbonyl (C=O) groups excluding carboxylic acids is 4. The maximum atomic E-state index is 13.7. The molecule has 0 spiro atoms. The van der Waals surface area contributed by atoms with Crippen LogP contribution < -0.4 is 16.0 Å². The number of Topliss-reactive ketones (excluding diaryl/α,β-unsaturated/α-hetero) is 1. The van der Waals surface area contributed by atoms with E-state index in [1.165, 1.54) is 0 Å². The molecular formula is C30H44N4O7. The molecule has 1 aliphatic carbocycles. The molecule has 0 radical (unpaired) electrons. The minimum atomic E-state index is -1.03. The van der Waals surface area contributed by atoms with Crippen LogP contribution in [-0.2, 0) is 35.1 Å². The average Bonchev–Trinajstić information content (AvgIpc) is 3.48. The fraction of sp³-hybridized carbons (Fsp3) is 0.667. The lowest BCUT2D eigenvalue weighted by Crippen LogP contribution is -2.57. The number of ketones is 1. The van der Waals surface area contributed by atoms with Gasteiger partial charge in [-0.2, -0.15) is 0 Å². The summed E-state index contributed by atoms with van der Waals surface area (Å²) < 4.78 is 10.7. The Morgan fingerprint density at radius 3 is 2.34 bits per heavy atom. The average molecular weight is 573 g/mol. The summed E-state index contributed by atoms with van der Waals surface area (Å²) in [5.74, 6) is -1.03. The molecule has 0 aromatic heterocycles. The molecule has 4 N–H and O–H groups in total. The molecule has 11 nitrogen and oxygen atoms in total. The van der Waals surface area contributed by atoms with Crippen LogP contribution in [-0.4, -0.2) is 96.7 Å². The summed E-state index contributed by atoms with van der Waals surface area (Å²) in [6, 6.07) is 2.45. The third kappa shape index (κ3) is 8.73. The standard InChI is InChI=1S/C30H44N4O7/c1-19-8-9-22(16-25(19)35)15-24(33-28(38)20(2)31-26(36)17-34-10-12-40-13-11-34)29(39)32-23(14-21-6-4-5-7-21)27(37)30(3)18-41-30/h8-9,16,20-21,23-24,35H,4-7,10-15,17-18H2,1-3H3,(H,31,36)(H,32,39)(H,33,38). The first-order valence-electron chi connectivity index (χ1n) is 14.7. The van der Waals surface area contributed by atoms with Crippen LogP contribution >= 0.6 is 0 Å². The predicted molar refractivity (Wildman–Crippen MR) is 151 cm³/mol. The molecule has 0 bridgehead atoms. The van der Waals surface area contributed by atoms with E-state index in [2.05, 4.69) is 16.0 Å². The maximum absolute atomic E-state index is 13.7. The molecular weight excluding hydrogens is 528 g/mol. The number of nitrogens with zero attached hydrogens (tertiary/aromatic N) is 1. The number of rotatable bonds is 13. The van der Waals surface area contributed by atoms with E-state index in [9.17, 15) is 24.3 Å². The van der Waals surface area contributed by atoms with Crippen molar-refractivity contribution in [2.45, 2.75) is 83.0 Å². The molecule has 11 heteroatoms. The second-order valence-electron chi connectivity index (χ2n) is 11.9. The molecule has 3 amide bonds. The van der Waals surface area contributed by atoms with E-state index in [1.807, 2.05) is 4.90 Å². The number of phenols is 1. The monoisotopic (exact) mass is 572 g/mol. The predicted octanol–water partition coefficient (Wildman–Crippen LogP) is 0.988. The number of nitrogens with one attached hydrogen (secondary N) is 3. The second-order valence-corrected chi connectivity index (χ2v) is 11.9. The zero-order chi connectivity index (χ0) is 29.6. The van der Waals surface area contributed by atoms with Crippen LogP contribution in [0, 0.1) is 12.8 Å². The summed E-state index contributed by atoms with van der Waals surface area (Å²) >= 11 is 0. The van der Waals surface area contributed by atoms with E-state index in [0.717, 1.165) is 25.7 Å². The van der Waals surface area contributed by atoms with E-state index in [-0.39, 0.29) is 30.4 Å². The Morgan fingerprint density at radius 2 is 1.71 bits per heavy atom. The van der Waals surface area contributed by atoms with Gasteiger partial charge in [0.15, 0.2) is 5.78 Å². The minimum absolute atomic E-state index is 0.0878. The van der Waals surface area contributed by atoms with Gasteiger partial charge in [0, 0.05) is 19.5 Å². The highest BCUT2D eigenvalue weighted by Crippen LogP contribution is 2.33. The van der Waals surface area contributed by atoms with Crippen molar-refractivity contribution < 1.29 is 33.8 Å². The van der Waals surface area contributed by atoms with Gasteiger partial charge < -0.3 is 30.5 Å². The van der Waals surface area contributed by atoms with Crippen molar-refractivity contribution in [3.8, 4) is 5.75 Å². The van der Waals surface area contributed by atoms with Crippen LogP contribution in [0.4, 0.5) is 0 Å². The quantitative estimate of drug-likeness (QED) is 0.256. The fourth-order valence-electron chi connectivity index (χ4n) is 5.54. The summed E-state index contributed by atoms with van der Waals surface area (Å²) in [6.45, 7) is 7.96. The van der Waals surface area contributed by atoms with Crippen LogP contribution in [0.25, 0.3) is 0 Å². The topological polar surface area (TPSA) is 150 Å². The molecule has 2 aliphatic heterocycles. The summed E-state index contributed by atoms with van der Waals surface area (Å²) in [7, 11) is 0. The molecule has 4 rings (SSSR count). The van der Waals surface area contributed by atoms with Crippen molar-refractivity contribution >= 4 is 23.5 Å². The van der Waals surface area contributed by atoms with Crippen molar-refractivity contribution in [3.05, 3.63) is 29.3 Å². The highest BCUT2D eigenvalue weighted by atomic mass is 16.6. The number of epoxide rings is 1. The van der Waals surface area contributed by atoms with Crippen molar-refractivity contribution in [1.82, 2.24) is 20.9 Å². The van der Waals surface area contributed by atoms with Gasteiger partial charge in [0.25, 0.3) is 0 Å². The molecule has 226 valence electrons. The van der Waals surface area contributed by atoms with E-state index < -0.39 is 35.5 Å². The lowest BCUT2D eigenvalue weighted by Gasteiger charge is -2.27. The Balaban J connectivity index is 1.44. The second kappa shape index (κ2) is 13.8. The highest BCUT2D eigenvalue weighted by molar-refractivity contribution is 5.98. The molecule has 3 aliphatic rings. The third-order valence-corrected chi connectivity index (χ3v) is 8.36. The molecule has 1 aromatic rings. The third-order valence-electron chi connectivity index (χ3n) is 8.36. The first-order valence-corrected chi connectivity index (χ1v) is 14.7. The van der Waals surface area contributed by atoms with E-state index in [4.69, 9.17) is 9.47 Å². The number of aryl methyl sites for hydroxylation is 1. The summed E-state index contributed by atoms with van der Waals surface area (Å²) in [4.78, 5) is 54.7. The Bertz CT molecular complexity index is 1110.